The van der Waals surface area contributed by atoms with Crippen LogP contribution in [0.2, 0.25) is 5.02 Å². The molecule has 0 radical (unpaired) electrons. The van der Waals surface area contributed by atoms with E-state index in [1.54, 1.807) is 7.11 Å². The van der Waals surface area contributed by atoms with E-state index in [0.29, 0.717) is 16.7 Å². The van der Waals surface area contributed by atoms with Gasteiger partial charge >= 0.3 is 6.18 Å². The highest BCUT2D eigenvalue weighted by atomic mass is 35.5. The maximum atomic E-state index is 13.1. The van der Waals surface area contributed by atoms with Crippen molar-refractivity contribution in [2.45, 2.75) is 18.3 Å². The molecule has 0 saturated heterocycles. The van der Waals surface area contributed by atoms with E-state index in [4.69, 9.17) is 16.3 Å². The topological polar surface area (TPSA) is 69.0 Å². The number of aromatic nitrogens is 3. The van der Waals surface area contributed by atoms with E-state index in [1.165, 1.54) is 6.07 Å². The lowest BCUT2D eigenvalue weighted by Crippen LogP contribution is -2.15. The second kappa shape index (κ2) is 10.6. The Kier molecular flexibility index (Phi) is 7.56. The number of aryl methyl sites for hydroxylation is 1. The number of nitrogens with zero attached hydrogens (tertiary/aromatic N) is 3. The normalized spacial score (nSPS) is 11.4. The average molecular weight is 533 g/mol. The SMILES string of the molecule is COc1ccc(-c2nnc(SCC(=O)Nc3ccc(Cl)c(C(F)(F)F)c3)n2-c2ccc(C)cc2)cc1. The van der Waals surface area contributed by atoms with Gasteiger partial charge in [-0.05, 0) is 61.5 Å². The van der Waals surface area contributed by atoms with Gasteiger partial charge in [-0.25, -0.2) is 0 Å². The molecule has 0 spiro atoms. The molecule has 1 heterocycles. The number of thioether (sulfide) groups is 1. The van der Waals surface area contributed by atoms with E-state index >= 15 is 0 Å². The Morgan fingerprint density at radius 1 is 1.06 bits per heavy atom. The molecule has 1 aromatic heterocycles. The first kappa shape index (κ1) is 25.6. The molecule has 4 rings (SSSR count). The van der Waals surface area contributed by atoms with Crippen LogP contribution in [0.1, 0.15) is 11.1 Å². The third-order valence-corrected chi connectivity index (χ3v) is 6.42. The van der Waals surface area contributed by atoms with Gasteiger partial charge < -0.3 is 10.1 Å². The highest BCUT2D eigenvalue weighted by Gasteiger charge is 2.33. The lowest BCUT2D eigenvalue weighted by Gasteiger charge is -2.12. The van der Waals surface area contributed by atoms with Gasteiger partial charge in [0.05, 0.1) is 23.4 Å². The Morgan fingerprint density at radius 2 is 1.75 bits per heavy atom. The number of halogens is 4. The maximum absolute atomic E-state index is 13.1. The summed E-state index contributed by atoms with van der Waals surface area (Å²) >= 11 is 6.77. The molecule has 0 aliphatic heterocycles. The molecule has 11 heteroatoms. The fraction of sp³-hybridized carbons (Fsp3) is 0.160. The largest absolute Gasteiger partial charge is 0.497 e. The Labute approximate surface area is 214 Å². The van der Waals surface area contributed by atoms with Crippen molar-refractivity contribution in [3.63, 3.8) is 0 Å². The van der Waals surface area contributed by atoms with Crippen LogP contribution in [0.25, 0.3) is 17.1 Å². The first-order chi connectivity index (χ1) is 17.2. The summed E-state index contributed by atoms with van der Waals surface area (Å²) in [4.78, 5) is 12.6. The van der Waals surface area contributed by atoms with Crippen molar-refractivity contribution in [3.8, 4) is 22.8 Å². The number of nitrogens with one attached hydrogen (secondary N) is 1. The molecule has 3 aromatic carbocycles. The number of carbonyl (C=O) groups is 1. The third-order valence-electron chi connectivity index (χ3n) is 5.16. The molecular weight excluding hydrogens is 513 g/mol. The van der Waals surface area contributed by atoms with Gasteiger partial charge in [-0.2, -0.15) is 13.2 Å². The van der Waals surface area contributed by atoms with E-state index < -0.39 is 22.7 Å². The summed E-state index contributed by atoms with van der Waals surface area (Å²) in [5, 5.41) is 11.1. The number of methoxy groups -OCH3 is 1. The average Bonchev–Trinajstić information content (AvgIpc) is 3.27. The van der Waals surface area contributed by atoms with Crippen molar-refractivity contribution in [3.05, 3.63) is 82.9 Å². The summed E-state index contributed by atoms with van der Waals surface area (Å²) in [6.45, 7) is 1.97. The van der Waals surface area contributed by atoms with Gasteiger partial charge in [0.25, 0.3) is 0 Å². The van der Waals surface area contributed by atoms with E-state index in [2.05, 4.69) is 15.5 Å². The van der Waals surface area contributed by atoms with Crippen molar-refractivity contribution in [2.24, 2.45) is 0 Å². The number of hydrogen-bond donors (Lipinski definition) is 1. The van der Waals surface area contributed by atoms with Gasteiger partial charge in [0, 0.05) is 16.9 Å². The molecule has 186 valence electrons. The monoisotopic (exact) mass is 532 g/mol. The van der Waals surface area contributed by atoms with Crippen molar-refractivity contribution >= 4 is 35.0 Å². The smallest absolute Gasteiger partial charge is 0.417 e. The van der Waals surface area contributed by atoms with E-state index in [-0.39, 0.29) is 11.4 Å². The summed E-state index contributed by atoms with van der Waals surface area (Å²) in [7, 11) is 1.58. The minimum absolute atomic E-state index is 0.00347. The van der Waals surface area contributed by atoms with Crippen molar-refractivity contribution < 1.29 is 22.7 Å². The van der Waals surface area contributed by atoms with Crippen molar-refractivity contribution in [1.82, 2.24) is 14.8 Å². The summed E-state index contributed by atoms with van der Waals surface area (Å²) in [5.41, 5.74) is 1.65. The van der Waals surface area contributed by atoms with Gasteiger partial charge in [-0.15, -0.1) is 10.2 Å². The van der Waals surface area contributed by atoms with Crippen molar-refractivity contribution in [2.75, 3.05) is 18.2 Å². The number of carbonyl (C=O) groups excluding carboxylic acids is 1. The lowest BCUT2D eigenvalue weighted by molar-refractivity contribution is -0.137. The molecule has 0 bridgehead atoms. The molecule has 1 N–H and O–H groups in total. The van der Waals surface area contributed by atoms with Crippen LogP contribution in [0.4, 0.5) is 18.9 Å². The summed E-state index contributed by atoms with van der Waals surface area (Å²) < 4.78 is 46.4. The van der Waals surface area contributed by atoms with Crippen LogP contribution < -0.4 is 10.1 Å². The first-order valence-corrected chi connectivity index (χ1v) is 12.0. The molecule has 0 aliphatic carbocycles. The highest BCUT2D eigenvalue weighted by molar-refractivity contribution is 7.99. The zero-order valence-electron chi connectivity index (χ0n) is 19.1. The number of alkyl halides is 3. The summed E-state index contributed by atoms with van der Waals surface area (Å²) in [5.74, 6) is 0.662. The molecule has 36 heavy (non-hydrogen) atoms. The molecule has 1 amide bonds. The predicted molar refractivity (Wildman–Crippen MR) is 134 cm³/mol. The Bertz CT molecular complexity index is 1370. The molecule has 0 unspecified atom stereocenters. The molecule has 0 aliphatic rings. The second-order valence-corrected chi connectivity index (χ2v) is 9.08. The third kappa shape index (κ3) is 5.83. The van der Waals surface area contributed by atoms with E-state index in [1.807, 2.05) is 60.0 Å². The first-order valence-electron chi connectivity index (χ1n) is 10.6. The minimum Gasteiger partial charge on any atom is -0.497 e. The highest BCUT2D eigenvalue weighted by Crippen LogP contribution is 2.36. The fourth-order valence-electron chi connectivity index (χ4n) is 3.36. The zero-order valence-corrected chi connectivity index (χ0v) is 20.7. The molecule has 4 aromatic rings. The van der Waals surface area contributed by atoms with Crippen LogP contribution in [-0.2, 0) is 11.0 Å². The van der Waals surface area contributed by atoms with Crippen LogP contribution in [-0.4, -0.2) is 33.5 Å². The zero-order chi connectivity index (χ0) is 25.9. The van der Waals surface area contributed by atoms with E-state index in [9.17, 15) is 18.0 Å². The van der Waals surface area contributed by atoms with Gasteiger partial charge in [0.2, 0.25) is 5.91 Å². The second-order valence-electron chi connectivity index (χ2n) is 7.73. The summed E-state index contributed by atoms with van der Waals surface area (Å²) in [6, 6.07) is 18.3. The van der Waals surface area contributed by atoms with Crippen LogP contribution in [0, 0.1) is 6.92 Å². The molecule has 6 nitrogen and oxygen atoms in total. The number of hydrogen-bond acceptors (Lipinski definition) is 5. The summed E-state index contributed by atoms with van der Waals surface area (Å²) in [6.07, 6.45) is -4.63. The van der Waals surface area contributed by atoms with Crippen LogP contribution in [0.3, 0.4) is 0 Å². The Hall–Kier alpha value is -3.50. The number of amides is 1. The van der Waals surface area contributed by atoms with Crippen LogP contribution in [0.5, 0.6) is 5.75 Å². The van der Waals surface area contributed by atoms with Crippen molar-refractivity contribution in [1.29, 1.82) is 0 Å². The fourth-order valence-corrected chi connectivity index (χ4v) is 4.34. The van der Waals surface area contributed by atoms with Crippen LogP contribution >= 0.6 is 23.4 Å². The Morgan fingerprint density at radius 3 is 2.39 bits per heavy atom. The lowest BCUT2D eigenvalue weighted by atomic mass is 10.2. The number of benzene rings is 3. The van der Waals surface area contributed by atoms with Gasteiger partial charge in [-0.3, -0.25) is 9.36 Å². The number of rotatable bonds is 7. The molecular formula is C25H20ClF3N4O2S. The Balaban J connectivity index is 1.57. The van der Waals surface area contributed by atoms with Crippen LogP contribution in [0.15, 0.2) is 71.9 Å². The quantitative estimate of drug-likeness (QED) is 0.270. The minimum atomic E-state index is -4.63. The van der Waals surface area contributed by atoms with Gasteiger partial charge in [-0.1, -0.05) is 41.1 Å². The van der Waals surface area contributed by atoms with E-state index in [0.717, 1.165) is 40.7 Å². The number of ether oxygens (including phenoxy) is 1. The predicted octanol–water partition coefficient (Wildman–Crippen LogP) is 6.65. The number of anilines is 1. The maximum Gasteiger partial charge on any atom is 0.417 e. The molecule has 0 saturated carbocycles. The molecule has 0 fully saturated rings. The van der Waals surface area contributed by atoms with Gasteiger partial charge in [0.1, 0.15) is 5.75 Å². The molecule has 0 atom stereocenters. The standard InChI is InChI=1S/C25H20ClF3N4O2S/c1-15-3-8-18(9-4-15)33-23(16-5-10-19(35-2)11-6-16)31-32-24(33)36-14-22(34)30-17-7-12-21(26)20(13-17)25(27,28)29/h3-13H,14H2,1-2H3,(H,30,34). The van der Waals surface area contributed by atoms with Gasteiger partial charge in [0.15, 0.2) is 11.0 Å².